The van der Waals surface area contributed by atoms with Gasteiger partial charge < -0.3 is 10.1 Å². The van der Waals surface area contributed by atoms with Crippen LogP contribution in [0.5, 0.6) is 0 Å². The van der Waals surface area contributed by atoms with Crippen LogP contribution in [0.3, 0.4) is 0 Å². The first-order valence-corrected chi connectivity index (χ1v) is 5.29. The summed E-state index contributed by atoms with van der Waals surface area (Å²) in [5, 5.41) is 7.47. The molecule has 0 spiro atoms. The molecule has 4 nitrogen and oxygen atoms in total. The monoisotopic (exact) mass is 211 g/mol. The van der Waals surface area contributed by atoms with Crippen molar-refractivity contribution in [3.05, 3.63) is 18.0 Å². The number of aryl methyl sites for hydroxylation is 1. The van der Waals surface area contributed by atoms with Gasteiger partial charge in [0.1, 0.15) is 0 Å². The lowest BCUT2D eigenvalue weighted by Gasteiger charge is -2.28. The molecule has 0 saturated carbocycles. The van der Waals surface area contributed by atoms with E-state index >= 15 is 0 Å². The van der Waals surface area contributed by atoms with E-state index < -0.39 is 0 Å². The maximum Gasteiger partial charge on any atom is 0.0803 e. The first-order valence-electron chi connectivity index (χ1n) is 5.29. The van der Waals surface area contributed by atoms with E-state index in [-0.39, 0.29) is 12.1 Å². The van der Waals surface area contributed by atoms with Gasteiger partial charge in [0.2, 0.25) is 0 Å². The van der Waals surface area contributed by atoms with Crippen molar-refractivity contribution in [3.8, 4) is 0 Å². The topological polar surface area (TPSA) is 39.1 Å². The Morgan fingerprint density at radius 3 is 2.47 bits per heavy atom. The Bertz CT molecular complexity index is 296. The van der Waals surface area contributed by atoms with Crippen LogP contribution in [0.25, 0.3) is 0 Å². The molecule has 0 amide bonds. The minimum absolute atomic E-state index is 0.158. The lowest BCUT2D eigenvalue weighted by molar-refractivity contribution is 0.0326. The molecule has 0 aliphatic heterocycles. The van der Waals surface area contributed by atoms with Crippen molar-refractivity contribution in [3.63, 3.8) is 0 Å². The van der Waals surface area contributed by atoms with Gasteiger partial charge in [-0.05, 0) is 19.0 Å². The van der Waals surface area contributed by atoms with Crippen LogP contribution in [0.15, 0.2) is 12.3 Å². The van der Waals surface area contributed by atoms with Crippen molar-refractivity contribution in [1.29, 1.82) is 0 Å². The van der Waals surface area contributed by atoms with E-state index in [2.05, 4.69) is 24.3 Å². The molecule has 1 N–H and O–H groups in total. The molecule has 1 heterocycles. The molecule has 15 heavy (non-hydrogen) atoms. The summed E-state index contributed by atoms with van der Waals surface area (Å²) in [5.74, 6) is 0.461. The van der Waals surface area contributed by atoms with E-state index in [4.69, 9.17) is 4.74 Å². The second-order valence-corrected chi connectivity index (χ2v) is 4.09. The Kier molecular flexibility index (Phi) is 4.29. The van der Waals surface area contributed by atoms with Crippen molar-refractivity contribution in [2.45, 2.75) is 26.0 Å². The van der Waals surface area contributed by atoms with Crippen LogP contribution in [-0.2, 0) is 11.8 Å². The molecule has 0 aliphatic carbocycles. The van der Waals surface area contributed by atoms with E-state index in [0.29, 0.717) is 5.92 Å². The number of rotatable bonds is 5. The van der Waals surface area contributed by atoms with E-state index in [9.17, 15) is 0 Å². The van der Waals surface area contributed by atoms with Crippen LogP contribution >= 0.6 is 0 Å². The van der Waals surface area contributed by atoms with E-state index in [1.807, 2.05) is 31.0 Å². The third kappa shape index (κ3) is 2.58. The number of likely N-dealkylation sites (N-methyl/N-ethyl adjacent to an activating group) is 1. The number of methoxy groups -OCH3 is 1. The highest BCUT2D eigenvalue weighted by atomic mass is 16.5. The first-order chi connectivity index (χ1) is 7.11. The molecule has 0 aromatic carbocycles. The lowest BCUT2D eigenvalue weighted by Crippen LogP contribution is -2.36. The van der Waals surface area contributed by atoms with Crippen LogP contribution in [0.2, 0.25) is 0 Å². The van der Waals surface area contributed by atoms with Crippen LogP contribution in [0.4, 0.5) is 0 Å². The van der Waals surface area contributed by atoms with Gasteiger partial charge >= 0.3 is 0 Å². The fourth-order valence-corrected chi connectivity index (χ4v) is 1.96. The normalized spacial score (nSPS) is 15.6. The number of hydrogen-bond acceptors (Lipinski definition) is 3. The predicted octanol–water partition coefficient (Wildman–Crippen LogP) is 1.35. The molecule has 0 aliphatic rings. The summed E-state index contributed by atoms with van der Waals surface area (Å²) in [6.07, 6.45) is 1.97. The van der Waals surface area contributed by atoms with Crippen molar-refractivity contribution in [2.24, 2.45) is 13.0 Å². The van der Waals surface area contributed by atoms with E-state index in [1.165, 1.54) is 0 Å². The fourth-order valence-electron chi connectivity index (χ4n) is 1.96. The molecule has 0 bridgehead atoms. The van der Waals surface area contributed by atoms with Crippen LogP contribution < -0.4 is 5.32 Å². The number of nitrogens with one attached hydrogen (secondary N) is 1. The number of hydrogen-bond donors (Lipinski definition) is 1. The average molecular weight is 211 g/mol. The molecule has 2 atom stereocenters. The second-order valence-electron chi connectivity index (χ2n) is 4.09. The molecule has 4 heteroatoms. The zero-order valence-electron chi connectivity index (χ0n) is 10.2. The maximum absolute atomic E-state index is 5.54. The molecule has 1 aromatic rings. The van der Waals surface area contributed by atoms with Crippen molar-refractivity contribution in [1.82, 2.24) is 15.1 Å². The molecule has 86 valence electrons. The second kappa shape index (κ2) is 5.28. The molecule has 2 unspecified atom stereocenters. The Labute approximate surface area is 91.6 Å². The molecule has 1 rings (SSSR count). The molecule has 1 aromatic heterocycles. The van der Waals surface area contributed by atoms with Crippen molar-refractivity contribution < 1.29 is 4.74 Å². The van der Waals surface area contributed by atoms with Gasteiger partial charge in [-0.3, -0.25) is 4.68 Å². The summed E-state index contributed by atoms with van der Waals surface area (Å²) in [6, 6.07) is 2.21. The van der Waals surface area contributed by atoms with E-state index in [1.54, 1.807) is 7.11 Å². The zero-order chi connectivity index (χ0) is 11.4. The molecule has 0 saturated heterocycles. The van der Waals surface area contributed by atoms with Crippen molar-refractivity contribution >= 4 is 0 Å². The highest BCUT2D eigenvalue weighted by Gasteiger charge is 2.26. The maximum atomic E-state index is 5.54. The number of aromatic nitrogens is 2. The quantitative estimate of drug-likeness (QED) is 0.799. The number of nitrogens with zero attached hydrogens (tertiary/aromatic N) is 2. The van der Waals surface area contributed by atoms with Gasteiger partial charge in [-0.1, -0.05) is 13.8 Å². The lowest BCUT2D eigenvalue weighted by atomic mass is 9.97. The van der Waals surface area contributed by atoms with Gasteiger partial charge in [0.15, 0.2) is 0 Å². The van der Waals surface area contributed by atoms with Crippen LogP contribution in [-0.4, -0.2) is 30.0 Å². The fraction of sp³-hybridized carbons (Fsp3) is 0.727. The summed E-state index contributed by atoms with van der Waals surface area (Å²) < 4.78 is 7.42. The van der Waals surface area contributed by atoms with Gasteiger partial charge in [0.05, 0.1) is 17.8 Å². The summed E-state index contributed by atoms with van der Waals surface area (Å²) in [6.45, 7) is 4.32. The van der Waals surface area contributed by atoms with Gasteiger partial charge in [-0.15, -0.1) is 0 Å². The van der Waals surface area contributed by atoms with Gasteiger partial charge in [0, 0.05) is 20.4 Å². The molecular formula is C11H21N3O. The minimum Gasteiger partial charge on any atom is -0.379 e. The van der Waals surface area contributed by atoms with Gasteiger partial charge in [0.25, 0.3) is 0 Å². The summed E-state index contributed by atoms with van der Waals surface area (Å²) >= 11 is 0. The highest BCUT2D eigenvalue weighted by Crippen LogP contribution is 2.23. The van der Waals surface area contributed by atoms with Gasteiger partial charge in [-0.25, -0.2) is 0 Å². The summed E-state index contributed by atoms with van der Waals surface area (Å²) in [4.78, 5) is 0. The van der Waals surface area contributed by atoms with Crippen LogP contribution in [0, 0.1) is 5.92 Å². The van der Waals surface area contributed by atoms with Crippen LogP contribution in [0.1, 0.15) is 25.6 Å². The minimum atomic E-state index is 0.158. The number of ether oxygens (including phenoxy) is 1. The highest BCUT2D eigenvalue weighted by molar-refractivity contribution is 5.09. The molecule has 0 fully saturated rings. The Morgan fingerprint density at radius 2 is 2.13 bits per heavy atom. The third-order valence-electron chi connectivity index (χ3n) is 2.75. The third-order valence-corrected chi connectivity index (χ3v) is 2.75. The molecule has 0 radical (unpaired) electrons. The first kappa shape index (κ1) is 12.2. The molecular weight excluding hydrogens is 190 g/mol. The predicted molar refractivity (Wildman–Crippen MR) is 60.6 cm³/mol. The van der Waals surface area contributed by atoms with Crippen molar-refractivity contribution in [2.75, 3.05) is 14.2 Å². The average Bonchev–Trinajstić information content (AvgIpc) is 2.60. The smallest absolute Gasteiger partial charge is 0.0803 e. The zero-order valence-corrected chi connectivity index (χ0v) is 10.2. The Morgan fingerprint density at radius 1 is 1.47 bits per heavy atom. The summed E-state index contributed by atoms with van der Waals surface area (Å²) in [7, 11) is 5.66. The van der Waals surface area contributed by atoms with Gasteiger partial charge in [-0.2, -0.15) is 5.10 Å². The standard InChI is InChI=1S/C11H21N3O/c1-8(2)11(15-5)10(12-3)9-6-7-13-14(9)4/h6-8,10-12H,1-5H3. The SMILES string of the molecule is CNC(c1ccnn1C)C(OC)C(C)C. The van der Waals surface area contributed by atoms with E-state index in [0.717, 1.165) is 5.69 Å². The Hall–Kier alpha value is -0.870. The largest absolute Gasteiger partial charge is 0.379 e. The Balaban J connectivity index is 2.92. The summed E-state index contributed by atoms with van der Waals surface area (Å²) in [5.41, 5.74) is 1.15.